The summed E-state index contributed by atoms with van der Waals surface area (Å²) in [6.45, 7) is 3.30. The Labute approximate surface area is 123 Å². The lowest BCUT2D eigenvalue weighted by Crippen LogP contribution is -2.43. The first-order chi connectivity index (χ1) is 9.10. The number of ether oxygens (including phenoxy) is 1. The van der Waals surface area contributed by atoms with Crippen LogP contribution >= 0.6 is 23.2 Å². The van der Waals surface area contributed by atoms with Crippen molar-refractivity contribution in [2.75, 3.05) is 51.0 Å². The lowest BCUT2D eigenvalue weighted by Gasteiger charge is -2.30. The molecule has 1 aliphatic rings. The van der Waals surface area contributed by atoms with E-state index in [0.717, 1.165) is 19.7 Å². The van der Waals surface area contributed by atoms with Crippen molar-refractivity contribution in [3.63, 3.8) is 0 Å². The topological polar surface area (TPSA) is 49.4 Å². The second kappa shape index (κ2) is 6.61. The van der Waals surface area contributed by atoms with Crippen LogP contribution in [-0.2, 0) is 4.74 Å². The van der Waals surface area contributed by atoms with Crippen LogP contribution in [0.5, 0.6) is 0 Å². The number of morpholine rings is 1. The van der Waals surface area contributed by atoms with Gasteiger partial charge in [0.1, 0.15) is 11.6 Å². The third-order valence-electron chi connectivity index (χ3n) is 3.01. The fraction of sp³-hybridized carbons (Fsp3) is 0.583. The van der Waals surface area contributed by atoms with Gasteiger partial charge in [-0.25, -0.2) is 4.98 Å². The van der Waals surface area contributed by atoms with Crippen LogP contribution in [0.25, 0.3) is 0 Å². The second-order valence-electron chi connectivity index (χ2n) is 4.54. The van der Waals surface area contributed by atoms with E-state index in [0.29, 0.717) is 28.2 Å². The van der Waals surface area contributed by atoms with E-state index in [4.69, 9.17) is 27.9 Å². The Balaban J connectivity index is 1.99. The SMILES string of the molecule is CNc1nc(NCC2CN(C)CCO2)c(Cl)cc1Cl. The summed E-state index contributed by atoms with van der Waals surface area (Å²) in [6.07, 6.45) is 0.144. The molecular formula is C12H18Cl2N4O. The Kier molecular flexibility index (Phi) is 5.10. The lowest BCUT2D eigenvalue weighted by atomic mass is 10.3. The number of nitrogens with one attached hydrogen (secondary N) is 2. The summed E-state index contributed by atoms with van der Waals surface area (Å²) in [6, 6.07) is 1.68. The molecule has 0 spiro atoms. The maximum absolute atomic E-state index is 6.12. The molecule has 0 bridgehead atoms. The fourth-order valence-electron chi connectivity index (χ4n) is 1.97. The Morgan fingerprint density at radius 1 is 1.42 bits per heavy atom. The minimum absolute atomic E-state index is 0.144. The number of nitrogens with zero attached hydrogens (tertiary/aromatic N) is 2. The van der Waals surface area contributed by atoms with Crippen LogP contribution in [0.15, 0.2) is 6.07 Å². The fourth-order valence-corrected chi connectivity index (χ4v) is 2.49. The molecule has 2 N–H and O–H groups in total. The molecule has 0 aliphatic carbocycles. The first kappa shape index (κ1) is 14.7. The van der Waals surface area contributed by atoms with E-state index in [-0.39, 0.29) is 6.10 Å². The minimum Gasteiger partial charge on any atom is -0.374 e. The molecule has 1 aromatic rings. The molecular weight excluding hydrogens is 287 g/mol. The van der Waals surface area contributed by atoms with E-state index in [1.54, 1.807) is 13.1 Å². The predicted octanol–water partition coefficient (Wildman–Crippen LogP) is 2.17. The number of aromatic nitrogens is 1. The van der Waals surface area contributed by atoms with Crippen molar-refractivity contribution in [2.45, 2.75) is 6.10 Å². The molecule has 1 aliphatic heterocycles. The van der Waals surface area contributed by atoms with E-state index in [1.807, 2.05) is 0 Å². The highest BCUT2D eigenvalue weighted by Gasteiger charge is 2.18. The molecule has 0 saturated carbocycles. The highest BCUT2D eigenvalue weighted by molar-refractivity contribution is 6.37. The minimum atomic E-state index is 0.144. The summed E-state index contributed by atoms with van der Waals surface area (Å²) in [7, 11) is 3.85. The molecule has 1 fully saturated rings. The summed E-state index contributed by atoms with van der Waals surface area (Å²) in [5.41, 5.74) is 0. The Morgan fingerprint density at radius 2 is 2.16 bits per heavy atom. The van der Waals surface area contributed by atoms with Crippen molar-refractivity contribution in [3.8, 4) is 0 Å². The van der Waals surface area contributed by atoms with Crippen LogP contribution in [0.4, 0.5) is 11.6 Å². The maximum atomic E-state index is 6.12. The number of pyridine rings is 1. The summed E-state index contributed by atoms with van der Waals surface area (Å²) >= 11 is 12.1. The Morgan fingerprint density at radius 3 is 2.84 bits per heavy atom. The molecule has 7 heteroatoms. The van der Waals surface area contributed by atoms with E-state index in [2.05, 4.69) is 27.6 Å². The van der Waals surface area contributed by atoms with Gasteiger partial charge < -0.3 is 20.3 Å². The molecule has 5 nitrogen and oxygen atoms in total. The molecule has 1 saturated heterocycles. The molecule has 19 heavy (non-hydrogen) atoms. The third kappa shape index (κ3) is 3.86. The van der Waals surface area contributed by atoms with Crippen LogP contribution in [0.2, 0.25) is 10.0 Å². The average Bonchev–Trinajstić information content (AvgIpc) is 2.38. The zero-order chi connectivity index (χ0) is 13.8. The van der Waals surface area contributed by atoms with Crippen molar-refractivity contribution in [1.82, 2.24) is 9.88 Å². The summed E-state index contributed by atoms with van der Waals surface area (Å²) in [5.74, 6) is 1.22. The van der Waals surface area contributed by atoms with Gasteiger partial charge in [-0.05, 0) is 13.1 Å². The molecule has 2 rings (SSSR count). The molecule has 2 heterocycles. The average molecular weight is 305 g/mol. The maximum Gasteiger partial charge on any atom is 0.147 e. The normalized spacial score (nSPS) is 20.3. The smallest absolute Gasteiger partial charge is 0.147 e. The standard InChI is InChI=1S/C12H18Cl2N4O/c1-15-11-9(13)5-10(14)12(17-11)16-6-8-7-18(2)3-4-19-8/h5,8H,3-4,6-7H2,1-2H3,(H2,15,16,17). The number of anilines is 2. The number of hydrogen-bond donors (Lipinski definition) is 2. The Hall–Kier alpha value is -0.750. The van der Waals surface area contributed by atoms with Crippen molar-refractivity contribution in [1.29, 1.82) is 0 Å². The van der Waals surface area contributed by atoms with Crippen LogP contribution in [0, 0.1) is 0 Å². The lowest BCUT2D eigenvalue weighted by molar-refractivity contribution is -0.0117. The van der Waals surface area contributed by atoms with Gasteiger partial charge in [0.15, 0.2) is 0 Å². The molecule has 1 atom stereocenters. The highest BCUT2D eigenvalue weighted by atomic mass is 35.5. The first-order valence-electron chi connectivity index (χ1n) is 6.18. The molecule has 0 radical (unpaired) electrons. The third-order valence-corrected chi connectivity index (χ3v) is 3.58. The van der Waals surface area contributed by atoms with Crippen molar-refractivity contribution in [3.05, 3.63) is 16.1 Å². The molecule has 1 aromatic heterocycles. The van der Waals surface area contributed by atoms with Gasteiger partial charge in [0.2, 0.25) is 0 Å². The van der Waals surface area contributed by atoms with Gasteiger partial charge in [-0.1, -0.05) is 23.2 Å². The summed E-state index contributed by atoms with van der Waals surface area (Å²) < 4.78 is 5.67. The largest absolute Gasteiger partial charge is 0.374 e. The zero-order valence-electron chi connectivity index (χ0n) is 11.0. The monoisotopic (exact) mass is 304 g/mol. The second-order valence-corrected chi connectivity index (χ2v) is 5.35. The summed E-state index contributed by atoms with van der Waals surface area (Å²) in [4.78, 5) is 6.58. The van der Waals surface area contributed by atoms with Gasteiger partial charge in [0, 0.05) is 26.7 Å². The van der Waals surface area contributed by atoms with E-state index < -0.39 is 0 Å². The van der Waals surface area contributed by atoms with Gasteiger partial charge >= 0.3 is 0 Å². The van der Waals surface area contributed by atoms with E-state index in [1.165, 1.54) is 0 Å². The number of rotatable bonds is 4. The number of likely N-dealkylation sites (N-methyl/N-ethyl adjacent to an activating group) is 1. The molecule has 0 amide bonds. The van der Waals surface area contributed by atoms with Crippen molar-refractivity contribution < 1.29 is 4.74 Å². The van der Waals surface area contributed by atoms with E-state index in [9.17, 15) is 0 Å². The number of halogens is 2. The van der Waals surface area contributed by atoms with Crippen molar-refractivity contribution >= 4 is 34.8 Å². The van der Waals surface area contributed by atoms with Gasteiger partial charge in [0.05, 0.1) is 22.8 Å². The predicted molar refractivity (Wildman–Crippen MR) is 79.5 cm³/mol. The molecule has 106 valence electrons. The number of hydrogen-bond acceptors (Lipinski definition) is 5. The van der Waals surface area contributed by atoms with Crippen LogP contribution in [-0.4, -0.2) is 56.3 Å². The van der Waals surface area contributed by atoms with Gasteiger partial charge in [0.25, 0.3) is 0 Å². The Bertz CT molecular complexity index is 444. The summed E-state index contributed by atoms with van der Waals surface area (Å²) in [5, 5.41) is 7.15. The first-order valence-corrected chi connectivity index (χ1v) is 6.93. The quantitative estimate of drug-likeness (QED) is 0.893. The van der Waals surface area contributed by atoms with E-state index >= 15 is 0 Å². The molecule has 0 aromatic carbocycles. The van der Waals surface area contributed by atoms with Gasteiger partial charge in [-0.2, -0.15) is 0 Å². The zero-order valence-corrected chi connectivity index (χ0v) is 12.6. The van der Waals surface area contributed by atoms with Gasteiger partial charge in [-0.3, -0.25) is 0 Å². The van der Waals surface area contributed by atoms with Gasteiger partial charge in [-0.15, -0.1) is 0 Å². The van der Waals surface area contributed by atoms with Crippen molar-refractivity contribution in [2.24, 2.45) is 0 Å². The van der Waals surface area contributed by atoms with Crippen LogP contribution < -0.4 is 10.6 Å². The van der Waals surface area contributed by atoms with Crippen LogP contribution in [0.1, 0.15) is 0 Å². The highest BCUT2D eigenvalue weighted by Crippen LogP contribution is 2.28. The molecule has 1 unspecified atom stereocenters. The van der Waals surface area contributed by atoms with Crippen LogP contribution in [0.3, 0.4) is 0 Å².